The van der Waals surface area contributed by atoms with E-state index in [9.17, 15) is 4.79 Å². The van der Waals surface area contributed by atoms with Crippen LogP contribution in [0.15, 0.2) is 18.3 Å². The van der Waals surface area contributed by atoms with Gasteiger partial charge in [-0.2, -0.15) is 0 Å². The van der Waals surface area contributed by atoms with Crippen LogP contribution in [0, 0.1) is 0 Å². The summed E-state index contributed by atoms with van der Waals surface area (Å²) in [6.45, 7) is 0. The van der Waals surface area contributed by atoms with Crippen LogP contribution in [-0.4, -0.2) is 28.9 Å². The molecule has 3 nitrogen and oxygen atoms in total. The van der Waals surface area contributed by atoms with Crippen LogP contribution in [0.5, 0.6) is 0 Å². The van der Waals surface area contributed by atoms with Crippen LogP contribution in [0.3, 0.4) is 0 Å². The third kappa shape index (κ3) is 1.22. The number of nitrogens with zero attached hydrogens (tertiary/aromatic N) is 1. The van der Waals surface area contributed by atoms with Crippen molar-refractivity contribution < 1.29 is 4.79 Å². The maximum absolute atomic E-state index is 11.6. The third-order valence-corrected chi connectivity index (χ3v) is 2.24. The van der Waals surface area contributed by atoms with Gasteiger partial charge in [0.1, 0.15) is 5.69 Å². The number of hydrogen-bond donors (Lipinski definition) is 1. The molecule has 64 valence electrons. The summed E-state index contributed by atoms with van der Waals surface area (Å²) in [6.07, 6.45) is 4.08. The molecule has 0 aromatic carbocycles. The Kier molecular flexibility index (Phi) is 1.64. The highest BCUT2D eigenvalue weighted by molar-refractivity contribution is 5.92. The van der Waals surface area contributed by atoms with E-state index in [0.717, 1.165) is 12.8 Å². The average molecular weight is 164 g/mol. The number of carbonyl (C=O) groups is 1. The first-order valence-corrected chi connectivity index (χ1v) is 4.19. The molecule has 3 heteroatoms. The van der Waals surface area contributed by atoms with Crippen molar-refractivity contribution in [3.8, 4) is 0 Å². The zero-order valence-electron chi connectivity index (χ0n) is 7.08. The van der Waals surface area contributed by atoms with Crippen molar-refractivity contribution >= 4 is 5.91 Å². The van der Waals surface area contributed by atoms with E-state index < -0.39 is 0 Å². The lowest BCUT2D eigenvalue weighted by molar-refractivity contribution is 0.0780. The van der Waals surface area contributed by atoms with Crippen LogP contribution in [-0.2, 0) is 0 Å². The number of aromatic nitrogens is 1. The van der Waals surface area contributed by atoms with Gasteiger partial charge in [-0.05, 0) is 25.0 Å². The van der Waals surface area contributed by atoms with E-state index in [1.165, 1.54) is 0 Å². The summed E-state index contributed by atoms with van der Waals surface area (Å²) in [5.41, 5.74) is 0.685. The van der Waals surface area contributed by atoms with Crippen molar-refractivity contribution in [1.29, 1.82) is 0 Å². The maximum atomic E-state index is 11.6. The standard InChI is InChI=1S/C9H12N2O/c1-11(7-4-5-7)9(12)8-3-2-6-10-8/h2-3,6-7,10H,4-5H2,1H3. The third-order valence-electron chi connectivity index (χ3n) is 2.24. The lowest BCUT2D eigenvalue weighted by Gasteiger charge is -2.14. The van der Waals surface area contributed by atoms with Crippen molar-refractivity contribution in [3.05, 3.63) is 24.0 Å². The van der Waals surface area contributed by atoms with E-state index in [1.54, 1.807) is 12.3 Å². The van der Waals surface area contributed by atoms with Gasteiger partial charge in [-0.25, -0.2) is 0 Å². The van der Waals surface area contributed by atoms with Gasteiger partial charge in [0.2, 0.25) is 0 Å². The minimum absolute atomic E-state index is 0.0995. The zero-order chi connectivity index (χ0) is 8.55. The number of aromatic amines is 1. The summed E-state index contributed by atoms with van der Waals surface area (Å²) >= 11 is 0. The predicted molar refractivity (Wildman–Crippen MR) is 45.9 cm³/mol. The Morgan fingerprint density at radius 3 is 2.92 bits per heavy atom. The summed E-state index contributed by atoms with van der Waals surface area (Å²) in [6, 6.07) is 4.13. The molecule has 0 saturated heterocycles. The molecule has 1 heterocycles. The smallest absolute Gasteiger partial charge is 0.270 e. The fourth-order valence-corrected chi connectivity index (χ4v) is 1.28. The van der Waals surface area contributed by atoms with Gasteiger partial charge in [-0.3, -0.25) is 4.79 Å². The molecule has 0 aliphatic heterocycles. The minimum atomic E-state index is 0.0995. The second-order valence-corrected chi connectivity index (χ2v) is 3.23. The van der Waals surface area contributed by atoms with E-state index in [0.29, 0.717) is 11.7 Å². The van der Waals surface area contributed by atoms with Gasteiger partial charge in [0.05, 0.1) is 0 Å². The summed E-state index contributed by atoms with van der Waals surface area (Å²) < 4.78 is 0. The molecule has 1 fully saturated rings. The molecule has 12 heavy (non-hydrogen) atoms. The highest BCUT2D eigenvalue weighted by Gasteiger charge is 2.30. The Balaban J connectivity index is 2.09. The monoisotopic (exact) mass is 164 g/mol. The Labute approximate surface area is 71.4 Å². The molecule has 1 aromatic heterocycles. The Morgan fingerprint density at radius 1 is 1.67 bits per heavy atom. The highest BCUT2D eigenvalue weighted by Crippen LogP contribution is 2.26. The van der Waals surface area contributed by atoms with Crippen molar-refractivity contribution in [2.24, 2.45) is 0 Å². The van der Waals surface area contributed by atoms with E-state index in [4.69, 9.17) is 0 Å². The molecule has 1 N–H and O–H groups in total. The Morgan fingerprint density at radius 2 is 2.42 bits per heavy atom. The molecule has 1 aromatic rings. The Hall–Kier alpha value is -1.25. The molecule has 0 radical (unpaired) electrons. The first-order valence-electron chi connectivity index (χ1n) is 4.19. The number of carbonyl (C=O) groups excluding carboxylic acids is 1. The van der Waals surface area contributed by atoms with E-state index in [-0.39, 0.29) is 5.91 Å². The largest absolute Gasteiger partial charge is 0.357 e. The normalized spacial score (nSPS) is 16.1. The zero-order valence-corrected chi connectivity index (χ0v) is 7.08. The number of amides is 1. The molecule has 0 bridgehead atoms. The lowest BCUT2D eigenvalue weighted by Crippen LogP contribution is -2.28. The molecular weight excluding hydrogens is 152 g/mol. The van der Waals surface area contributed by atoms with Crippen LogP contribution >= 0.6 is 0 Å². The number of nitrogens with one attached hydrogen (secondary N) is 1. The summed E-state index contributed by atoms with van der Waals surface area (Å²) in [4.78, 5) is 16.3. The average Bonchev–Trinajstić information content (AvgIpc) is 2.79. The van der Waals surface area contributed by atoms with Crippen molar-refractivity contribution in [3.63, 3.8) is 0 Å². The van der Waals surface area contributed by atoms with Gasteiger partial charge in [0.25, 0.3) is 5.91 Å². The van der Waals surface area contributed by atoms with Crippen molar-refractivity contribution in [1.82, 2.24) is 9.88 Å². The van der Waals surface area contributed by atoms with Gasteiger partial charge >= 0.3 is 0 Å². The molecule has 1 aliphatic carbocycles. The van der Waals surface area contributed by atoms with Crippen LogP contribution in [0.1, 0.15) is 23.3 Å². The van der Waals surface area contributed by atoms with Crippen LogP contribution in [0.4, 0.5) is 0 Å². The van der Waals surface area contributed by atoms with Gasteiger partial charge in [0, 0.05) is 19.3 Å². The molecule has 0 atom stereocenters. The second kappa shape index (κ2) is 2.66. The number of H-pyrrole nitrogens is 1. The van der Waals surface area contributed by atoms with E-state index >= 15 is 0 Å². The highest BCUT2D eigenvalue weighted by atomic mass is 16.2. The van der Waals surface area contributed by atoms with Crippen LogP contribution in [0.25, 0.3) is 0 Å². The number of hydrogen-bond acceptors (Lipinski definition) is 1. The first-order chi connectivity index (χ1) is 5.79. The maximum Gasteiger partial charge on any atom is 0.270 e. The van der Waals surface area contributed by atoms with Gasteiger partial charge in [-0.15, -0.1) is 0 Å². The fourth-order valence-electron chi connectivity index (χ4n) is 1.28. The summed E-state index contributed by atoms with van der Waals surface area (Å²) in [5, 5.41) is 0. The van der Waals surface area contributed by atoms with Crippen molar-refractivity contribution in [2.45, 2.75) is 18.9 Å². The molecule has 1 aliphatic rings. The molecule has 0 spiro atoms. The van der Waals surface area contributed by atoms with Crippen LogP contribution < -0.4 is 0 Å². The van der Waals surface area contributed by atoms with Gasteiger partial charge in [0.15, 0.2) is 0 Å². The quantitative estimate of drug-likeness (QED) is 0.701. The van der Waals surface area contributed by atoms with Gasteiger partial charge in [-0.1, -0.05) is 0 Å². The lowest BCUT2D eigenvalue weighted by atomic mass is 10.4. The number of rotatable bonds is 2. The summed E-state index contributed by atoms with van der Waals surface area (Å²) in [5.74, 6) is 0.0995. The fraction of sp³-hybridized carbons (Fsp3) is 0.444. The first kappa shape index (κ1) is 7.40. The minimum Gasteiger partial charge on any atom is -0.357 e. The second-order valence-electron chi connectivity index (χ2n) is 3.23. The van der Waals surface area contributed by atoms with Crippen LogP contribution in [0.2, 0.25) is 0 Å². The summed E-state index contributed by atoms with van der Waals surface area (Å²) in [7, 11) is 1.86. The molecular formula is C9H12N2O. The molecule has 0 unspecified atom stereocenters. The van der Waals surface area contributed by atoms with Crippen molar-refractivity contribution in [2.75, 3.05) is 7.05 Å². The van der Waals surface area contributed by atoms with E-state index in [1.807, 2.05) is 18.0 Å². The molecule has 1 amide bonds. The molecule has 2 rings (SSSR count). The predicted octanol–water partition coefficient (Wildman–Crippen LogP) is 1.25. The molecule has 1 saturated carbocycles. The SMILES string of the molecule is CN(C(=O)c1ccc[nH]1)C1CC1. The van der Waals surface area contributed by atoms with Gasteiger partial charge < -0.3 is 9.88 Å². The Bertz CT molecular complexity index is 275. The van der Waals surface area contributed by atoms with E-state index in [2.05, 4.69) is 4.98 Å². The topological polar surface area (TPSA) is 36.1 Å².